The number of fused-ring (bicyclic) bond motifs is 1. The molecule has 3 atom stereocenters. The Morgan fingerprint density at radius 2 is 1.79 bits per heavy atom. The molecular formula is C36H46F3N3O6. The van der Waals surface area contributed by atoms with Crippen LogP contribution in [-0.4, -0.2) is 73.4 Å². The highest BCUT2D eigenvalue weighted by atomic mass is 19.4. The summed E-state index contributed by atoms with van der Waals surface area (Å²) in [6, 6.07) is 11.4. The Balaban J connectivity index is 1.44. The van der Waals surface area contributed by atoms with Crippen LogP contribution in [-0.2, 0) is 26.9 Å². The molecule has 3 aliphatic rings. The number of amides is 3. The lowest BCUT2D eigenvalue weighted by Crippen LogP contribution is -2.53. The predicted molar refractivity (Wildman–Crippen MR) is 174 cm³/mol. The molecule has 12 heteroatoms. The number of hydrogen-bond acceptors (Lipinski definition) is 6. The summed E-state index contributed by atoms with van der Waals surface area (Å²) in [7, 11) is 1.57. The Kier molecular flexibility index (Phi) is 9.80. The number of carbonyl (C=O) groups is 3. The Labute approximate surface area is 280 Å². The summed E-state index contributed by atoms with van der Waals surface area (Å²) in [4.78, 5) is 43.4. The summed E-state index contributed by atoms with van der Waals surface area (Å²) in [5.41, 5.74) is -3.12. The molecule has 2 aliphatic heterocycles. The van der Waals surface area contributed by atoms with Crippen LogP contribution in [0.3, 0.4) is 0 Å². The molecule has 0 bridgehead atoms. The SMILES string of the molecule is COCCCCN1C(=O)C(C)(C)Oc2cc(C(F)(F)F)c(C(=O)N[C@H]3CC34CN(C(=O)OC(C)(C)C)CC[C@@H]4Cc3ccccc3)cc21. The first-order valence-corrected chi connectivity index (χ1v) is 16.5. The predicted octanol–water partition coefficient (Wildman–Crippen LogP) is 6.62. The standard InChI is InChI=1S/C36H46F3N3O6/c1-33(2,3)48-32(45)41-16-14-24(18-23-12-8-7-9-13-23)35(22-41)21-29(35)40-30(43)25-19-27-28(20-26(25)36(37,38)39)47-34(4,5)31(44)42(27)15-10-11-17-46-6/h7-9,12-13,19-20,24,29H,10-11,14-18,21-22H2,1-6H3,(H,40,43)/t24-,29+,35?/m1/s1. The smallest absolute Gasteiger partial charge is 0.417 e. The molecule has 1 spiro atoms. The molecule has 1 unspecified atom stereocenters. The Bertz CT molecular complexity index is 1520. The van der Waals surface area contributed by atoms with Gasteiger partial charge in [-0.05, 0) is 90.3 Å². The van der Waals surface area contributed by atoms with E-state index < -0.39 is 57.9 Å². The molecule has 0 radical (unpaired) electrons. The lowest BCUT2D eigenvalue weighted by molar-refractivity contribution is -0.138. The molecule has 48 heavy (non-hydrogen) atoms. The van der Waals surface area contributed by atoms with E-state index in [-0.39, 0.29) is 23.9 Å². The highest BCUT2D eigenvalue weighted by molar-refractivity contribution is 6.05. The van der Waals surface area contributed by atoms with E-state index >= 15 is 0 Å². The van der Waals surface area contributed by atoms with E-state index in [0.29, 0.717) is 51.8 Å². The quantitative estimate of drug-likeness (QED) is 0.301. The van der Waals surface area contributed by atoms with Gasteiger partial charge in [0.1, 0.15) is 11.4 Å². The zero-order valence-electron chi connectivity index (χ0n) is 28.5. The van der Waals surface area contributed by atoms with Crippen molar-refractivity contribution in [1.29, 1.82) is 0 Å². The molecule has 1 N–H and O–H groups in total. The molecule has 2 aromatic rings. The second kappa shape index (κ2) is 13.2. The summed E-state index contributed by atoms with van der Waals surface area (Å²) in [5, 5.41) is 2.90. The second-order valence-corrected chi connectivity index (χ2v) is 14.7. The van der Waals surface area contributed by atoms with Crippen LogP contribution >= 0.6 is 0 Å². The van der Waals surface area contributed by atoms with E-state index in [4.69, 9.17) is 14.2 Å². The van der Waals surface area contributed by atoms with Crippen LogP contribution in [0.4, 0.5) is 23.7 Å². The van der Waals surface area contributed by atoms with Gasteiger partial charge in [0.25, 0.3) is 11.8 Å². The van der Waals surface area contributed by atoms with E-state index in [9.17, 15) is 27.6 Å². The molecule has 2 heterocycles. The van der Waals surface area contributed by atoms with Crippen molar-refractivity contribution in [2.45, 2.75) is 90.1 Å². The number of ether oxygens (including phenoxy) is 3. The van der Waals surface area contributed by atoms with Crippen molar-refractivity contribution in [3.05, 3.63) is 59.2 Å². The van der Waals surface area contributed by atoms with Gasteiger partial charge in [0.2, 0.25) is 0 Å². The molecule has 9 nitrogen and oxygen atoms in total. The molecule has 1 saturated heterocycles. The van der Waals surface area contributed by atoms with Crippen LogP contribution in [0.2, 0.25) is 0 Å². The molecule has 262 valence electrons. The number of rotatable bonds is 9. The minimum Gasteiger partial charge on any atom is -0.476 e. The van der Waals surface area contributed by atoms with Gasteiger partial charge in [-0.15, -0.1) is 0 Å². The number of carbonyl (C=O) groups excluding carboxylic acids is 3. The van der Waals surface area contributed by atoms with Crippen molar-refractivity contribution >= 4 is 23.6 Å². The topological polar surface area (TPSA) is 97.4 Å². The molecule has 5 rings (SSSR count). The molecule has 0 aromatic heterocycles. The zero-order valence-corrected chi connectivity index (χ0v) is 28.5. The first kappa shape index (κ1) is 35.5. The van der Waals surface area contributed by atoms with E-state index in [1.807, 2.05) is 30.3 Å². The van der Waals surface area contributed by atoms with Gasteiger partial charge < -0.3 is 29.3 Å². The number of halogens is 3. The first-order valence-electron chi connectivity index (χ1n) is 16.5. The number of nitrogens with zero attached hydrogens (tertiary/aromatic N) is 2. The fourth-order valence-corrected chi connectivity index (χ4v) is 7.00. The van der Waals surface area contributed by atoms with Gasteiger partial charge in [-0.25, -0.2) is 4.79 Å². The number of likely N-dealkylation sites (tertiary alicyclic amines) is 1. The maximum atomic E-state index is 14.5. The number of methoxy groups -OCH3 is 1. The van der Waals surface area contributed by atoms with Crippen molar-refractivity contribution in [1.82, 2.24) is 10.2 Å². The summed E-state index contributed by atoms with van der Waals surface area (Å²) < 4.78 is 60.1. The molecule has 2 aromatic carbocycles. The monoisotopic (exact) mass is 673 g/mol. The fraction of sp³-hybridized carbons (Fsp3) is 0.583. The van der Waals surface area contributed by atoms with Gasteiger partial charge in [-0.3, -0.25) is 9.59 Å². The Morgan fingerprint density at radius 3 is 2.44 bits per heavy atom. The van der Waals surface area contributed by atoms with Gasteiger partial charge in [-0.1, -0.05) is 30.3 Å². The number of hydrogen-bond donors (Lipinski definition) is 1. The van der Waals surface area contributed by atoms with Gasteiger partial charge in [0.05, 0.1) is 16.8 Å². The van der Waals surface area contributed by atoms with Crippen molar-refractivity contribution < 1.29 is 41.8 Å². The van der Waals surface area contributed by atoms with Crippen LogP contribution in [0, 0.1) is 11.3 Å². The first-order chi connectivity index (χ1) is 22.4. The number of benzene rings is 2. The fourth-order valence-electron chi connectivity index (χ4n) is 7.00. The van der Waals surface area contributed by atoms with Crippen LogP contribution in [0.1, 0.15) is 81.8 Å². The maximum absolute atomic E-state index is 14.5. The van der Waals surface area contributed by atoms with Gasteiger partial charge in [-0.2, -0.15) is 13.2 Å². The Hall–Kier alpha value is -3.80. The normalized spacial score (nSPS) is 23.4. The minimum absolute atomic E-state index is 0.0744. The summed E-state index contributed by atoms with van der Waals surface area (Å²) in [5.74, 6) is -1.34. The third-order valence-corrected chi connectivity index (χ3v) is 9.49. The Morgan fingerprint density at radius 1 is 1.08 bits per heavy atom. The zero-order chi connectivity index (χ0) is 35.1. The lowest BCUT2D eigenvalue weighted by atomic mass is 9.78. The second-order valence-electron chi connectivity index (χ2n) is 14.7. The lowest BCUT2D eigenvalue weighted by Gasteiger charge is -2.40. The third-order valence-electron chi connectivity index (χ3n) is 9.49. The van der Waals surface area contributed by atoms with Gasteiger partial charge in [0.15, 0.2) is 5.60 Å². The van der Waals surface area contributed by atoms with Crippen molar-refractivity contribution in [3.8, 4) is 5.75 Å². The minimum atomic E-state index is -4.87. The third kappa shape index (κ3) is 7.58. The van der Waals surface area contributed by atoms with Crippen LogP contribution in [0.25, 0.3) is 0 Å². The largest absolute Gasteiger partial charge is 0.476 e. The van der Waals surface area contributed by atoms with Crippen molar-refractivity contribution in [3.63, 3.8) is 0 Å². The molecule has 3 amide bonds. The van der Waals surface area contributed by atoms with E-state index in [2.05, 4.69) is 5.32 Å². The number of anilines is 1. The van der Waals surface area contributed by atoms with Gasteiger partial charge in [0, 0.05) is 44.8 Å². The van der Waals surface area contributed by atoms with Gasteiger partial charge >= 0.3 is 12.3 Å². The van der Waals surface area contributed by atoms with Crippen LogP contribution in [0.5, 0.6) is 5.75 Å². The van der Waals surface area contributed by atoms with E-state index in [0.717, 1.165) is 17.7 Å². The summed E-state index contributed by atoms with van der Waals surface area (Å²) in [6.07, 6.45) is -2.28. The number of alkyl halides is 3. The average molecular weight is 674 g/mol. The number of nitrogens with one attached hydrogen (secondary N) is 1. The number of unbranched alkanes of at least 4 members (excludes halogenated alkanes) is 1. The highest BCUT2D eigenvalue weighted by Crippen LogP contribution is 2.57. The summed E-state index contributed by atoms with van der Waals surface area (Å²) >= 11 is 0. The van der Waals surface area contributed by atoms with Crippen LogP contribution in [0.15, 0.2) is 42.5 Å². The number of piperidine rings is 1. The van der Waals surface area contributed by atoms with Crippen molar-refractivity contribution in [2.75, 3.05) is 38.3 Å². The van der Waals surface area contributed by atoms with E-state index in [1.165, 1.54) is 18.7 Å². The molecule has 1 saturated carbocycles. The summed E-state index contributed by atoms with van der Waals surface area (Å²) in [6.45, 7) is 9.88. The van der Waals surface area contributed by atoms with Crippen molar-refractivity contribution in [2.24, 2.45) is 11.3 Å². The van der Waals surface area contributed by atoms with E-state index in [1.54, 1.807) is 32.8 Å². The molecular weight excluding hydrogens is 627 g/mol. The average Bonchev–Trinajstić information content (AvgIpc) is 3.67. The maximum Gasteiger partial charge on any atom is 0.417 e. The highest BCUT2D eigenvalue weighted by Gasteiger charge is 2.62. The molecule has 2 fully saturated rings. The molecule has 1 aliphatic carbocycles. The van der Waals surface area contributed by atoms with Crippen LogP contribution < -0.4 is 15.0 Å².